The van der Waals surface area contributed by atoms with Crippen molar-refractivity contribution in [3.63, 3.8) is 0 Å². The fourth-order valence-electron chi connectivity index (χ4n) is 3.80. The molecule has 0 bridgehead atoms. The zero-order chi connectivity index (χ0) is 20.8. The minimum absolute atomic E-state index is 0.00768. The molecule has 0 aliphatic carbocycles. The molecule has 1 aliphatic heterocycles. The first-order valence-corrected chi connectivity index (χ1v) is 9.61. The lowest BCUT2D eigenvalue weighted by atomic mass is 9.98. The summed E-state index contributed by atoms with van der Waals surface area (Å²) in [6.07, 6.45) is 1.60. The Morgan fingerprint density at radius 1 is 1.07 bits per heavy atom. The fraction of sp³-hybridized carbons (Fsp3) is 0.0870. The molecule has 7 heteroatoms. The summed E-state index contributed by atoms with van der Waals surface area (Å²) < 4.78 is 11.3. The molecule has 0 saturated carbocycles. The Labute approximate surface area is 176 Å². The van der Waals surface area contributed by atoms with Gasteiger partial charge < -0.3 is 9.15 Å². The van der Waals surface area contributed by atoms with E-state index in [1.165, 1.54) is 4.90 Å². The maximum absolute atomic E-state index is 13.5. The highest BCUT2D eigenvalue weighted by Crippen LogP contribution is 2.41. The van der Waals surface area contributed by atoms with Crippen LogP contribution in [0.1, 0.15) is 27.7 Å². The molecule has 148 valence electrons. The van der Waals surface area contributed by atoms with E-state index in [9.17, 15) is 9.59 Å². The van der Waals surface area contributed by atoms with E-state index in [0.29, 0.717) is 33.1 Å². The number of aromatic nitrogens is 1. The third-order valence-electron chi connectivity index (χ3n) is 5.14. The third kappa shape index (κ3) is 2.76. The second-order valence-electron chi connectivity index (χ2n) is 6.86. The number of hydrogen-bond acceptors (Lipinski definition) is 5. The van der Waals surface area contributed by atoms with Crippen molar-refractivity contribution in [1.82, 2.24) is 4.98 Å². The molecular formula is C23H15ClN2O4. The molecule has 2 aromatic heterocycles. The molecule has 1 unspecified atom stereocenters. The van der Waals surface area contributed by atoms with E-state index in [1.807, 2.05) is 12.1 Å². The van der Waals surface area contributed by atoms with Gasteiger partial charge in [-0.05, 0) is 48.0 Å². The number of anilines is 1. The Morgan fingerprint density at radius 3 is 2.70 bits per heavy atom. The van der Waals surface area contributed by atoms with Crippen molar-refractivity contribution < 1.29 is 13.9 Å². The Bertz CT molecular complexity index is 1350. The van der Waals surface area contributed by atoms with Crippen molar-refractivity contribution in [1.29, 1.82) is 0 Å². The Morgan fingerprint density at radius 2 is 1.93 bits per heavy atom. The summed E-state index contributed by atoms with van der Waals surface area (Å²) in [5, 5.41) is 0.739. The lowest BCUT2D eigenvalue weighted by Crippen LogP contribution is -2.30. The van der Waals surface area contributed by atoms with Gasteiger partial charge in [-0.3, -0.25) is 14.5 Å². The number of carbonyl (C=O) groups is 1. The SMILES string of the molecule is COc1cccc(C2c3c(oc4ccc(Cl)cc4c3=O)C(=O)N2c2ccccn2)c1. The first kappa shape index (κ1) is 18.4. The largest absolute Gasteiger partial charge is 0.497 e. The molecule has 0 fully saturated rings. The normalized spacial score (nSPS) is 15.5. The van der Waals surface area contributed by atoms with Crippen LogP contribution in [-0.4, -0.2) is 18.0 Å². The smallest absolute Gasteiger partial charge is 0.296 e. The maximum Gasteiger partial charge on any atom is 0.296 e. The number of rotatable bonds is 3. The van der Waals surface area contributed by atoms with Gasteiger partial charge in [-0.2, -0.15) is 0 Å². The second kappa shape index (κ2) is 7.00. The summed E-state index contributed by atoms with van der Waals surface area (Å²) in [6.45, 7) is 0. The van der Waals surface area contributed by atoms with Crippen molar-refractivity contribution in [2.45, 2.75) is 6.04 Å². The monoisotopic (exact) mass is 418 g/mol. The molecule has 1 amide bonds. The summed E-state index contributed by atoms with van der Waals surface area (Å²) in [5.74, 6) is 0.615. The highest BCUT2D eigenvalue weighted by Gasteiger charge is 2.44. The predicted octanol–water partition coefficient (Wildman–Crippen LogP) is 4.60. The lowest BCUT2D eigenvalue weighted by Gasteiger charge is -2.24. The number of benzene rings is 2. The zero-order valence-corrected chi connectivity index (χ0v) is 16.6. The fourth-order valence-corrected chi connectivity index (χ4v) is 3.98. The summed E-state index contributed by atoms with van der Waals surface area (Å²) in [4.78, 5) is 32.7. The number of hydrogen-bond donors (Lipinski definition) is 0. The first-order chi connectivity index (χ1) is 14.6. The predicted molar refractivity (Wildman–Crippen MR) is 113 cm³/mol. The number of methoxy groups -OCH3 is 1. The summed E-state index contributed by atoms with van der Waals surface area (Å²) in [6, 6.07) is 16.6. The molecule has 4 aromatic rings. The topological polar surface area (TPSA) is 72.6 Å². The van der Waals surface area contributed by atoms with Gasteiger partial charge in [-0.1, -0.05) is 29.8 Å². The Balaban J connectivity index is 1.83. The molecule has 0 saturated heterocycles. The van der Waals surface area contributed by atoms with Gasteiger partial charge in [-0.15, -0.1) is 0 Å². The molecule has 0 radical (unpaired) electrons. The number of halogens is 1. The van der Waals surface area contributed by atoms with E-state index < -0.39 is 11.9 Å². The van der Waals surface area contributed by atoms with E-state index >= 15 is 0 Å². The van der Waals surface area contributed by atoms with Gasteiger partial charge >= 0.3 is 0 Å². The van der Waals surface area contributed by atoms with Crippen LogP contribution in [0.4, 0.5) is 5.82 Å². The van der Waals surface area contributed by atoms with Gasteiger partial charge in [-0.25, -0.2) is 4.98 Å². The van der Waals surface area contributed by atoms with Crippen molar-refractivity contribution in [3.05, 3.63) is 99.0 Å². The van der Waals surface area contributed by atoms with Crippen molar-refractivity contribution in [3.8, 4) is 5.75 Å². The molecule has 1 aliphatic rings. The van der Waals surface area contributed by atoms with Gasteiger partial charge in [0.2, 0.25) is 5.76 Å². The van der Waals surface area contributed by atoms with Crippen molar-refractivity contribution in [2.75, 3.05) is 12.0 Å². The minimum Gasteiger partial charge on any atom is -0.497 e. The van der Waals surface area contributed by atoms with Gasteiger partial charge in [0.15, 0.2) is 5.43 Å². The molecular weight excluding hydrogens is 404 g/mol. The average molecular weight is 419 g/mol. The van der Waals surface area contributed by atoms with Crippen LogP contribution in [0.3, 0.4) is 0 Å². The van der Waals surface area contributed by atoms with Crippen LogP contribution in [0.5, 0.6) is 5.75 Å². The Hall–Kier alpha value is -3.64. The number of fused-ring (bicyclic) bond motifs is 2. The molecule has 2 aromatic carbocycles. The summed E-state index contributed by atoms with van der Waals surface area (Å²) >= 11 is 6.10. The summed E-state index contributed by atoms with van der Waals surface area (Å²) in [5.41, 5.74) is 0.978. The van der Waals surface area contributed by atoms with E-state index in [4.69, 9.17) is 20.8 Å². The second-order valence-corrected chi connectivity index (χ2v) is 7.29. The summed E-state index contributed by atoms with van der Waals surface area (Å²) in [7, 11) is 1.56. The minimum atomic E-state index is -0.711. The van der Waals surface area contributed by atoms with Crippen LogP contribution in [0.15, 0.2) is 76.1 Å². The van der Waals surface area contributed by atoms with Crippen LogP contribution in [0.25, 0.3) is 11.0 Å². The van der Waals surface area contributed by atoms with Gasteiger partial charge in [0.1, 0.15) is 17.2 Å². The molecule has 5 rings (SSSR count). The maximum atomic E-state index is 13.5. The number of amides is 1. The van der Waals surface area contributed by atoms with Gasteiger partial charge in [0.25, 0.3) is 5.91 Å². The van der Waals surface area contributed by atoms with Crippen LogP contribution >= 0.6 is 11.6 Å². The molecule has 3 heterocycles. The highest BCUT2D eigenvalue weighted by molar-refractivity contribution is 6.31. The molecule has 1 atom stereocenters. The molecule has 30 heavy (non-hydrogen) atoms. The molecule has 0 spiro atoms. The molecule has 6 nitrogen and oxygen atoms in total. The third-order valence-corrected chi connectivity index (χ3v) is 5.37. The highest BCUT2D eigenvalue weighted by atomic mass is 35.5. The van der Waals surface area contributed by atoms with Crippen LogP contribution in [0, 0.1) is 0 Å². The number of ether oxygens (including phenoxy) is 1. The van der Waals surface area contributed by atoms with Crippen molar-refractivity contribution in [2.24, 2.45) is 0 Å². The van der Waals surface area contributed by atoms with Crippen LogP contribution in [-0.2, 0) is 0 Å². The lowest BCUT2D eigenvalue weighted by molar-refractivity contribution is 0.0970. The van der Waals surface area contributed by atoms with Crippen LogP contribution in [0.2, 0.25) is 5.02 Å². The first-order valence-electron chi connectivity index (χ1n) is 9.23. The van der Waals surface area contributed by atoms with Crippen molar-refractivity contribution >= 4 is 34.3 Å². The number of carbonyl (C=O) groups excluding carboxylic acids is 1. The van der Waals surface area contributed by atoms with Gasteiger partial charge in [0.05, 0.1) is 24.1 Å². The standard InChI is InChI=1S/C23H15ClN2O4/c1-29-15-6-4-5-13(11-15)20-19-21(27)16-12-14(24)8-9-17(16)30-22(19)23(28)26(20)18-7-2-3-10-25-18/h2-12,20H,1H3. The number of pyridine rings is 1. The van der Waals surface area contributed by atoms with Gasteiger partial charge in [0, 0.05) is 11.2 Å². The van der Waals surface area contributed by atoms with E-state index in [2.05, 4.69) is 4.98 Å². The zero-order valence-electron chi connectivity index (χ0n) is 15.8. The van der Waals surface area contributed by atoms with E-state index in [0.717, 1.165) is 0 Å². The van der Waals surface area contributed by atoms with Crippen LogP contribution < -0.4 is 15.1 Å². The average Bonchev–Trinajstić information content (AvgIpc) is 3.07. The number of nitrogens with zero attached hydrogens (tertiary/aromatic N) is 2. The Kier molecular flexibility index (Phi) is 4.29. The van der Waals surface area contributed by atoms with E-state index in [-0.39, 0.29) is 16.8 Å². The van der Waals surface area contributed by atoms with E-state index in [1.54, 1.807) is 61.8 Å². The molecule has 0 N–H and O–H groups in total. The quantitative estimate of drug-likeness (QED) is 0.486.